The Balaban J connectivity index is 2.42. The molecular formula is C14H18O4. The second-order valence-electron chi connectivity index (χ2n) is 5.22. The van der Waals surface area contributed by atoms with Crippen LogP contribution in [-0.4, -0.2) is 25.3 Å². The van der Waals surface area contributed by atoms with Crippen molar-refractivity contribution in [2.75, 3.05) is 14.2 Å². The van der Waals surface area contributed by atoms with E-state index < -0.39 is 5.97 Å². The lowest BCUT2D eigenvalue weighted by Gasteiger charge is -2.11. The fourth-order valence-corrected chi connectivity index (χ4v) is 2.76. The van der Waals surface area contributed by atoms with Crippen LogP contribution in [0.25, 0.3) is 0 Å². The number of carbonyl (C=O) groups is 1. The molecule has 1 aromatic rings. The monoisotopic (exact) mass is 250 g/mol. The van der Waals surface area contributed by atoms with E-state index in [9.17, 15) is 9.90 Å². The van der Waals surface area contributed by atoms with E-state index in [0.717, 1.165) is 17.1 Å². The van der Waals surface area contributed by atoms with Gasteiger partial charge in [0.2, 0.25) is 0 Å². The number of carboxylic acid groups (broad SMARTS) is 1. The number of aliphatic carboxylic acids is 1. The fourth-order valence-electron chi connectivity index (χ4n) is 2.76. The molecule has 1 aliphatic carbocycles. The third-order valence-electron chi connectivity index (χ3n) is 3.87. The minimum Gasteiger partial charge on any atom is -0.497 e. The number of benzene rings is 1. The number of hydrogen-bond donors (Lipinski definition) is 1. The predicted molar refractivity (Wildman–Crippen MR) is 67.2 cm³/mol. The standard InChI is InChI=1S/C14H18O4/c1-14(2)11(12(14)13(15)16)9-7-8(17-3)5-6-10(9)18-4/h5-7,11-12H,1-4H3,(H,15,16). The molecule has 0 radical (unpaired) electrons. The van der Waals surface area contributed by atoms with Gasteiger partial charge in [0.1, 0.15) is 11.5 Å². The van der Waals surface area contributed by atoms with Crippen molar-refractivity contribution in [3.05, 3.63) is 23.8 Å². The Bertz CT molecular complexity index is 479. The minimum atomic E-state index is -0.755. The number of ether oxygens (including phenoxy) is 2. The largest absolute Gasteiger partial charge is 0.497 e. The molecule has 1 saturated carbocycles. The number of hydrogen-bond acceptors (Lipinski definition) is 3. The summed E-state index contributed by atoms with van der Waals surface area (Å²) < 4.78 is 10.5. The molecule has 2 atom stereocenters. The summed E-state index contributed by atoms with van der Waals surface area (Å²) in [4.78, 5) is 11.2. The van der Waals surface area contributed by atoms with Crippen LogP contribution < -0.4 is 9.47 Å². The maximum Gasteiger partial charge on any atom is 0.307 e. The molecule has 0 spiro atoms. The summed E-state index contributed by atoms with van der Waals surface area (Å²) in [7, 11) is 3.19. The van der Waals surface area contributed by atoms with Crippen LogP contribution in [0.1, 0.15) is 25.3 Å². The topological polar surface area (TPSA) is 55.8 Å². The van der Waals surface area contributed by atoms with E-state index in [0.29, 0.717) is 0 Å². The molecular weight excluding hydrogens is 232 g/mol. The van der Waals surface area contributed by atoms with Gasteiger partial charge in [-0.3, -0.25) is 4.79 Å². The van der Waals surface area contributed by atoms with Gasteiger partial charge in [-0.05, 0) is 23.6 Å². The molecule has 2 unspecified atom stereocenters. The first-order valence-electron chi connectivity index (χ1n) is 5.88. The van der Waals surface area contributed by atoms with Crippen LogP contribution in [-0.2, 0) is 4.79 Å². The van der Waals surface area contributed by atoms with Gasteiger partial charge in [0.25, 0.3) is 0 Å². The first-order chi connectivity index (χ1) is 8.43. The van der Waals surface area contributed by atoms with E-state index in [2.05, 4.69) is 0 Å². The molecule has 1 N–H and O–H groups in total. The molecule has 0 bridgehead atoms. The van der Waals surface area contributed by atoms with E-state index in [1.807, 2.05) is 32.0 Å². The highest BCUT2D eigenvalue weighted by Crippen LogP contribution is 2.66. The third kappa shape index (κ3) is 1.82. The Morgan fingerprint density at radius 2 is 1.94 bits per heavy atom. The molecule has 4 nitrogen and oxygen atoms in total. The van der Waals surface area contributed by atoms with Gasteiger partial charge in [0.15, 0.2) is 0 Å². The molecule has 0 aromatic heterocycles. The van der Waals surface area contributed by atoms with Gasteiger partial charge in [-0.2, -0.15) is 0 Å². The number of methoxy groups -OCH3 is 2. The van der Waals surface area contributed by atoms with Gasteiger partial charge in [-0.15, -0.1) is 0 Å². The molecule has 0 aliphatic heterocycles. The summed E-state index contributed by atoms with van der Waals surface area (Å²) in [6.45, 7) is 3.94. The summed E-state index contributed by atoms with van der Waals surface area (Å²) >= 11 is 0. The van der Waals surface area contributed by atoms with E-state index in [1.54, 1.807) is 14.2 Å². The van der Waals surface area contributed by atoms with Gasteiger partial charge in [-0.1, -0.05) is 13.8 Å². The molecule has 1 fully saturated rings. The molecule has 0 amide bonds. The van der Waals surface area contributed by atoms with Crippen LogP contribution in [0, 0.1) is 11.3 Å². The average molecular weight is 250 g/mol. The van der Waals surface area contributed by atoms with E-state index in [-0.39, 0.29) is 17.3 Å². The molecule has 1 aromatic carbocycles. The number of carboxylic acids is 1. The fraction of sp³-hybridized carbons (Fsp3) is 0.500. The highest BCUT2D eigenvalue weighted by molar-refractivity contribution is 5.78. The summed E-state index contributed by atoms with van der Waals surface area (Å²) in [5.74, 6) is 0.295. The summed E-state index contributed by atoms with van der Waals surface area (Å²) in [6, 6.07) is 5.50. The van der Waals surface area contributed by atoms with Crippen molar-refractivity contribution in [3.63, 3.8) is 0 Å². The summed E-state index contributed by atoms with van der Waals surface area (Å²) in [5.41, 5.74) is 0.667. The van der Waals surface area contributed by atoms with Crippen molar-refractivity contribution < 1.29 is 19.4 Å². The highest BCUT2D eigenvalue weighted by Gasteiger charge is 2.63. The van der Waals surface area contributed by atoms with E-state index >= 15 is 0 Å². The normalized spacial score (nSPS) is 24.4. The van der Waals surface area contributed by atoms with Gasteiger partial charge < -0.3 is 14.6 Å². The first-order valence-corrected chi connectivity index (χ1v) is 5.88. The van der Waals surface area contributed by atoms with Crippen LogP contribution in [0.15, 0.2) is 18.2 Å². The molecule has 18 heavy (non-hydrogen) atoms. The van der Waals surface area contributed by atoms with Crippen LogP contribution >= 0.6 is 0 Å². The second-order valence-corrected chi connectivity index (χ2v) is 5.22. The smallest absolute Gasteiger partial charge is 0.307 e. The maximum absolute atomic E-state index is 11.2. The Morgan fingerprint density at radius 3 is 2.39 bits per heavy atom. The van der Waals surface area contributed by atoms with Crippen molar-refractivity contribution in [2.45, 2.75) is 19.8 Å². The van der Waals surface area contributed by atoms with Gasteiger partial charge in [-0.25, -0.2) is 0 Å². The maximum atomic E-state index is 11.2. The van der Waals surface area contributed by atoms with E-state index in [1.165, 1.54) is 0 Å². The second kappa shape index (κ2) is 4.19. The lowest BCUT2D eigenvalue weighted by Crippen LogP contribution is -2.03. The zero-order chi connectivity index (χ0) is 13.5. The Kier molecular flexibility index (Phi) is 2.97. The summed E-state index contributed by atoms with van der Waals surface area (Å²) in [5, 5.41) is 9.24. The zero-order valence-corrected chi connectivity index (χ0v) is 11.1. The van der Waals surface area contributed by atoms with Crippen LogP contribution in [0.2, 0.25) is 0 Å². The zero-order valence-electron chi connectivity index (χ0n) is 11.1. The van der Waals surface area contributed by atoms with Crippen molar-refractivity contribution in [3.8, 4) is 11.5 Å². The lowest BCUT2D eigenvalue weighted by molar-refractivity contribution is -0.139. The van der Waals surface area contributed by atoms with Crippen LogP contribution in [0.4, 0.5) is 0 Å². The number of rotatable bonds is 4. The van der Waals surface area contributed by atoms with Crippen molar-refractivity contribution in [1.29, 1.82) is 0 Å². The quantitative estimate of drug-likeness (QED) is 0.892. The van der Waals surface area contributed by atoms with Crippen molar-refractivity contribution in [1.82, 2.24) is 0 Å². The molecule has 0 heterocycles. The van der Waals surface area contributed by atoms with E-state index in [4.69, 9.17) is 9.47 Å². The first kappa shape index (κ1) is 12.7. The van der Waals surface area contributed by atoms with Crippen molar-refractivity contribution in [2.24, 2.45) is 11.3 Å². The highest BCUT2D eigenvalue weighted by atomic mass is 16.5. The van der Waals surface area contributed by atoms with Crippen LogP contribution in [0.3, 0.4) is 0 Å². The van der Waals surface area contributed by atoms with Gasteiger partial charge in [0.05, 0.1) is 20.1 Å². The predicted octanol–water partition coefficient (Wildman–Crippen LogP) is 2.53. The minimum absolute atomic E-state index is 0.0277. The summed E-state index contributed by atoms with van der Waals surface area (Å²) in [6.07, 6.45) is 0. The molecule has 4 heteroatoms. The van der Waals surface area contributed by atoms with Gasteiger partial charge in [0, 0.05) is 11.5 Å². The van der Waals surface area contributed by atoms with Gasteiger partial charge >= 0.3 is 5.97 Å². The lowest BCUT2D eigenvalue weighted by atomic mass is 10.0. The third-order valence-corrected chi connectivity index (χ3v) is 3.87. The SMILES string of the molecule is COc1ccc(OC)c(C2C(C(=O)O)C2(C)C)c1. The Labute approximate surface area is 107 Å². The average Bonchev–Trinajstić information content (AvgIpc) is 2.91. The Morgan fingerprint density at radius 1 is 1.28 bits per heavy atom. The molecule has 0 saturated heterocycles. The molecule has 98 valence electrons. The van der Waals surface area contributed by atoms with Crippen molar-refractivity contribution >= 4 is 5.97 Å². The molecule has 1 aliphatic rings. The van der Waals surface area contributed by atoms with Crippen LogP contribution in [0.5, 0.6) is 11.5 Å². The molecule has 2 rings (SSSR count). The Hall–Kier alpha value is -1.71.